The van der Waals surface area contributed by atoms with E-state index in [1.807, 2.05) is 0 Å². The van der Waals surface area contributed by atoms with Crippen LogP contribution in [0, 0.1) is 11.3 Å². The Hall–Kier alpha value is -0.0800. The number of hydrogen-bond acceptors (Lipinski definition) is 2. The molecule has 1 saturated heterocycles. The summed E-state index contributed by atoms with van der Waals surface area (Å²) in [5.74, 6) is 0.846. The van der Waals surface area contributed by atoms with E-state index in [0.717, 1.165) is 25.6 Å². The Bertz CT molecular complexity index is 146. The van der Waals surface area contributed by atoms with Crippen LogP contribution in [0.2, 0.25) is 0 Å². The van der Waals surface area contributed by atoms with Gasteiger partial charge in [-0.3, -0.25) is 0 Å². The molecule has 2 aliphatic rings. The van der Waals surface area contributed by atoms with Crippen LogP contribution in [0.4, 0.5) is 0 Å². The van der Waals surface area contributed by atoms with Gasteiger partial charge in [0.2, 0.25) is 0 Å². The first-order valence-corrected chi connectivity index (χ1v) is 5.06. The van der Waals surface area contributed by atoms with Gasteiger partial charge in [-0.15, -0.1) is 0 Å². The second-order valence-electron chi connectivity index (χ2n) is 4.31. The third kappa shape index (κ3) is 1.27. The summed E-state index contributed by atoms with van der Waals surface area (Å²) in [7, 11) is 0. The van der Waals surface area contributed by atoms with Crippen LogP contribution in [0.5, 0.6) is 0 Å². The molecule has 1 saturated carbocycles. The van der Waals surface area contributed by atoms with Crippen LogP contribution in [0.15, 0.2) is 0 Å². The van der Waals surface area contributed by atoms with E-state index < -0.39 is 0 Å². The molecule has 2 heteroatoms. The van der Waals surface area contributed by atoms with Crippen molar-refractivity contribution in [1.82, 2.24) is 0 Å². The lowest BCUT2D eigenvalue weighted by molar-refractivity contribution is -0.153. The van der Waals surface area contributed by atoms with Crippen LogP contribution in [0.3, 0.4) is 0 Å². The van der Waals surface area contributed by atoms with Gasteiger partial charge in [-0.05, 0) is 25.2 Å². The van der Waals surface area contributed by atoms with E-state index >= 15 is 0 Å². The van der Waals surface area contributed by atoms with E-state index in [0.29, 0.717) is 12.0 Å². The van der Waals surface area contributed by atoms with Gasteiger partial charge in [-0.25, -0.2) is 0 Å². The molecule has 0 aromatic heterocycles. The Morgan fingerprint density at radius 3 is 2.33 bits per heavy atom. The zero-order valence-electron chi connectivity index (χ0n) is 7.59. The van der Waals surface area contributed by atoms with Crippen molar-refractivity contribution < 1.29 is 9.84 Å². The maximum atomic E-state index is 8.97. The first kappa shape index (κ1) is 8.52. The van der Waals surface area contributed by atoms with Gasteiger partial charge >= 0.3 is 0 Å². The summed E-state index contributed by atoms with van der Waals surface area (Å²) in [5, 5.41) is 8.97. The van der Waals surface area contributed by atoms with Crippen molar-refractivity contribution in [3.05, 3.63) is 0 Å². The monoisotopic (exact) mass is 170 g/mol. The van der Waals surface area contributed by atoms with Crippen LogP contribution in [-0.2, 0) is 4.74 Å². The Morgan fingerprint density at radius 1 is 1.25 bits per heavy atom. The highest BCUT2D eigenvalue weighted by Gasteiger charge is 2.45. The van der Waals surface area contributed by atoms with Crippen molar-refractivity contribution in [3.63, 3.8) is 0 Å². The Morgan fingerprint density at radius 2 is 1.92 bits per heavy atom. The molecule has 1 N–H and O–H groups in total. The minimum Gasteiger partial charge on any atom is -0.396 e. The number of hydrogen-bond donors (Lipinski definition) is 1. The van der Waals surface area contributed by atoms with Gasteiger partial charge in [0.1, 0.15) is 0 Å². The van der Waals surface area contributed by atoms with Crippen molar-refractivity contribution in [3.8, 4) is 0 Å². The van der Waals surface area contributed by atoms with E-state index in [4.69, 9.17) is 9.84 Å². The maximum Gasteiger partial charge on any atom is 0.0548 e. The predicted octanol–water partition coefficient (Wildman–Crippen LogP) is 1.58. The van der Waals surface area contributed by atoms with Crippen molar-refractivity contribution >= 4 is 0 Å². The van der Waals surface area contributed by atoms with E-state index in [1.54, 1.807) is 0 Å². The number of ether oxygens (including phenoxy) is 1. The zero-order chi connectivity index (χ0) is 8.44. The fraction of sp³-hybridized carbons (Fsp3) is 1.00. The molecule has 0 bridgehead atoms. The summed E-state index contributed by atoms with van der Waals surface area (Å²) in [6, 6.07) is 0. The normalized spacial score (nSPS) is 28.8. The first-order valence-electron chi connectivity index (χ1n) is 5.06. The third-order valence-corrected chi connectivity index (χ3v) is 3.61. The Labute approximate surface area is 73.9 Å². The van der Waals surface area contributed by atoms with Crippen molar-refractivity contribution in [2.75, 3.05) is 19.8 Å². The lowest BCUT2D eigenvalue weighted by Gasteiger charge is -2.46. The number of aliphatic hydroxyl groups is 1. The molecule has 1 heterocycles. The van der Waals surface area contributed by atoms with Gasteiger partial charge in [0.25, 0.3) is 0 Å². The van der Waals surface area contributed by atoms with Crippen molar-refractivity contribution in [2.45, 2.75) is 32.1 Å². The zero-order valence-corrected chi connectivity index (χ0v) is 7.59. The molecule has 70 valence electrons. The van der Waals surface area contributed by atoms with Crippen LogP contribution in [0.1, 0.15) is 32.1 Å². The van der Waals surface area contributed by atoms with Crippen molar-refractivity contribution in [1.29, 1.82) is 0 Å². The minimum atomic E-state index is 0.333. The maximum absolute atomic E-state index is 8.97. The average molecular weight is 170 g/mol. The van der Waals surface area contributed by atoms with Crippen LogP contribution < -0.4 is 0 Å². The van der Waals surface area contributed by atoms with Gasteiger partial charge in [-0.1, -0.05) is 12.8 Å². The van der Waals surface area contributed by atoms with E-state index in [1.165, 1.54) is 25.7 Å². The van der Waals surface area contributed by atoms with Crippen molar-refractivity contribution in [2.24, 2.45) is 11.3 Å². The van der Waals surface area contributed by atoms with Gasteiger partial charge in [-0.2, -0.15) is 0 Å². The molecule has 1 aliphatic heterocycles. The molecule has 0 radical (unpaired) electrons. The molecule has 0 atom stereocenters. The second kappa shape index (κ2) is 3.35. The van der Waals surface area contributed by atoms with Gasteiger partial charge < -0.3 is 9.84 Å². The molecule has 0 spiro atoms. The summed E-state index contributed by atoms with van der Waals surface area (Å²) in [4.78, 5) is 0. The number of aliphatic hydroxyl groups excluding tert-OH is 1. The number of rotatable bonds is 3. The lowest BCUT2D eigenvalue weighted by Crippen LogP contribution is -2.48. The minimum absolute atomic E-state index is 0.333. The predicted molar refractivity (Wildman–Crippen MR) is 46.9 cm³/mol. The van der Waals surface area contributed by atoms with E-state index in [9.17, 15) is 0 Å². The van der Waals surface area contributed by atoms with Crippen LogP contribution in [0.25, 0.3) is 0 Å². The summed E-state index contributed by atoms with van der Waals surface area (Å²) in [5.41, 5.74) is 0.380. The SMILES string of the molecule is OCCC1(C2CCCC2)COC1. The highest BCUT2D eigenvalue weighted by atomic mass is 16.5. The summed E-state index contributed by atoms with van der Waals surface area (Å²) in [6.45, 7) is 2.14. The van der Waals surface area contributed by atoms with Crippen LogP contribution >= 0.6 is 0 Å². The molecular formula is C10H18O2. The second-order valence-corrected chi connectivity index (χ2v) is 4.31. The first-order chi connectivity index (χ1) is 5.87. The Kier molecular flexibility index (Phi) is 2.37. The quantitative estimate of drug-likeness (QED) is 0.696. The average Bonchev–Trinajstić information content (AvgIpc) is 2.48. The van der Waals surface area contributed by atoms with E-state index in [-0.39, 0.29) is 0 Å². The molecule has 0 amide bonds. The molecule has 1 aliphatic carbocycles. The molecular weight excluding hydrogens is 152 g/mol. The molecule has 12 heavy (non-hydrogen) atoms. The highest BCUT2D eigenvalue weighted by Crippen LogP contribution is 2.46. The van der Waals surface area contributed by atoms with Gasteiger partial charge in [0.15, 0.2) is 0 Å². The molecule has 2 fully saturated rings. The third-order valence-electron chi connectivity index (χ3n) is 3.61. The van der Waals surface area contributed by atoms with Gasteiger partial charge in [0, 0.05) is 12.0 Å². The topological polar surface area (TPSA) is 29.5 Å². The molecule has 2 nitrogen and oxygen atoms in total. The van der Waals surface area contributed by atoms with Gasteiger partial charge in [0.05, 0.1) is 13.2 Å². The fourth-order valence-electron chi connectivity index (χ4n) is 2.71. The summed E-state index contributed by atoms with van der Waals surface area (Å²) < 4.78 is 5.29. The smallest absolute Gasteiger partial charge is 0.0548 e. The molecule has 2 rings (SSSR count). The molecule has 0 unspecified atom stereocenters. The Balaban J connectivity index is 1.95. The lowest BCUT2D eigenvalue weighted by atomic mass is 9.70. The molecule has 0 aromatic carbocycles. The fourth-order valence-corrected chi connectivity index (χ4v) is 2.71. The standard InChI is InChI=1S/C10H18O2/c11-6-5-10(7-12-8-10)9-3-1-2-4-9/h9,11H,1-8H2. The highest BCUT2D eigenvalue weighted by molar-refractivity contribution is 4.93. The summed E-state index contributed by atoms with van der Waals surface area (Å²) in [6.07, 6.45) is 6.46. The van der Waals surface area contributed by atoms with E-state index in [2.05, 4.69) is 0 Å². The van der Waals surface area contributed by atoms with Crippen LogP contribution in [-0.4, -0.2) is 24.9 Å². The molecule has 0 aromatic rings. The summed E-state index contributed by atoms with van der Waals surface area (Å²) >= 11 is 0. The largest absolute Gasteiger partial charge is 0.396 e.